The van der Waals surface area contributed by atoms with Crippen LogP contribution in [0.5, 0.6) is 0 Å². The van der Waals surface area contributed by atoms with Gasteiger partial charge in [0.05, 0.1) is 23.9 Å². The SMILES string of the molecule is O=C(Cc1ccccc1C(=O)O)Nc1cccc(C(=O)Nc2cccnc2)c1. The molecule has 3 N–H and O–H groups in total. The van der Waals surface area contributed by atoms with Crippen LogP contribution in [0.25, 0.3) is 0 Å². The molecule has 1 aromatic heterocycles. The number of benzene rings is 2. The first-order valence-electron chi connectivity index (χ1n) is 8.45. The van der Waals surface area contributed by atoms with Crippen molar-refractivity contribution in [1.82, 2.24) is 4.98 Å². The van der Waals surface area contributed by atoms with Crippen LogP contribution in [0.2, 0.25) is 0 Å². The van der Waals surface area contributed by atoms with Gasteiger partial charge >= 0.3 is 5.97 Å². The number of carboxylic acid groups (broad SMARTS) is 1. The van der Waals surface area contributed by atoms with Crippen molar-refractivity contribution in [3.8, 4) is 0 Å². The first-order chi connectivity index (χ1) is 13.5. The summed E-state index contributed by atoms with van der Waals surface area (Å²) in [5.41, 5.74) is 1.87. The molecule has 1 heterocycles. The Labute approximate surface area is 161 Å². The molecule has 0 radical (unpaired) electrons. The van der Waals surface area contributed by atoms with E-state index in [1.54, 1.807) is 60.8 Å². The lowest BCUT2D eigenvalue weighted by Gasteiger charge is -2.09. The summed E-state index contributed by atoms with van der Waals surface area (Å²) in [5.74, 6) is -1.80. The Bertz CT molecular complexity index is 1020. The first-order valence-corrected chi connectivity index (χ1v) is 8.45. The van der Waals surface area contributed by atoms with Gasteiger partial charge in [-0.3, -0.25) is 14.6 Å². The molecule has 2 amide bonds. The second-order valence-corrected chi connectivity index (χ2v) is 5.96. The fraction of sp³-hybridized carbons (Fsp3) is 0.0476. The van der Waals surface area contributed by atoms with Gasteiger partial charge in [-0.15, -0.1) is 0 Å². The van der Waals surface area contributed by atoms with E-state index < -0.39 is 5.97 Å². The van der Waals surface area contributed by atoms with E-state index in [4.69, 9.17) is 0 Å². The zero-order chi connectivity index (χ0) is 19.9. The van der Waals surface area contributed by atoms with E-state index in [2.05, 4.69) is 15.6 Å². The second-order valence-electron chi connectivity index (χ2n) is 5.96. The van der Waals surface area contributed by atoms with Gasteiger partial charge in [0, 0.05) is 17.4 Å². The lowest BCUT2D eigenvalue weighted by molar-refractivity contribution is -0.115. The zero-order valence-electron chi connectivity index (χ0n) is 14.8. The standard InChI is InChI=1S/C21H17N3O4/c25-19(12-14-5-1-2-9-18(14)21(27)28)23-16-7-3-6-15(11-16)20(26)24-17-8-4-10-22-13-17/h1-11,13H,12H2,(H,23,25)(H,24,26)(H,27,28). The maximum atomic E-state index is 12.3. The Morgan fingerprint density at radius 3 is 2.43 bits per heavy atom. The summed E-state index contributed by atoms with van der Waals surface area (Å²) in [6.07, 6.45) is 3.05. The van der Waals surface area contributed by atoms with Crippen LogP contribution < -0.4 is 10.6 Å². The van der Waals surface area contributed by atoms with E-state index in [1.807, 2.05) is 0 Å². The molecule has 0 aliphatic carbocycles. The number of aromatic nitrogens is 1. The molecular formula is C21H17N3O4. The van der Waals surface area contributed by atoms with E-state index in [9.17, 15) is 19.5 Å². The number of anilines is 2. The summed E-state index contributed by atoms with van der Waals surface area (Å²) < 4.78 is 0. The molecule has 0 spiro atoms. The van der Waals surface area contributed by atoms with Gasteiger partial charge in [0.25, 0.3) is 5.91 Å². The van der Waals surface area contributed by atoms with Gasteiger partial charge in [-0.25, -0.2) is 4.79 Å². The third-order valence-corrected chi connectivity index (χ3v) is 3.93. The van der Waals surface area contributed by atoms with Crippen molar-refractivity contribution >= 4 is 29.2 Å². The molecule has 0 unspecified atom stereocenters. The topological polar surface area (TPSA) is 108 Å². The highest BCUT2D eigenvalue weighted by atomic mass is 16.4. The number of nitrogens with one attached hydrogen (secondary N) is 2. The summed E-state index contributed by atoms with van der Waals surface area (Å²) in [7, 11) is 0. The summed E-state index contributed by atoms with van der Waals surface area (Å²) in [6, 6.07) is 16.2. The van der Waals surface area contributed by atoms with Crippen molar-refractivity contribution < 1.29 is 19.5 Å². The Morgan fingerprint density at radius 2 is 1.68 bits per heavy atom. The fourth-order valence-corrected chi connectivity index (χ4v) is 2.64. The molecule has 0 aliphatic heterocycles. The minimum atomic E-state index is -1.09. The third kappa shape index (κ3) is 4.79. The summed E-state index contributed by atoms with van der Waals surface area (Å²) >= 11 is 0. The van der Waals surface area contributed by atoms with Crippen LogP contribution in [-0.4, -0.2) is 27.9 Å². The predicted molar refractivity (Wildman–Crippen MR) is 104 cm³/mol. The molecule has 0 saturated heterocycles. The van der Waals surface area contributed by atoms with E-state index in [0.717, 1.165) is 0 Å². The largest absolute Gasteiger partial charge is 0.478 e. The number of pyridine rings is 1. The number of amides is 2. The molecule has 140 valence electrons. The van der Waals surface area contributed by atoms with Gasteiger partial charge in [-0.2, -0.15) is 0 Å². The Balaban J connectivity index is 1.68. The molecular weight excluding hydrogens is 358 g/mol. The smallest absolute Gasteiger partial charge is 0.335 e. The van der Waals surface area contributed by atoms with Gasteiger partial charge in [0.2, 0.25) is 5.91 Å². The highest BCUT2D eigenvalue weighted by molar-refractivity contribution is 6.05. The van der Waals surface area contributed by atoms with Crippen molar-refractivity contribution in [2.75, 3.05) is 10.6 Å². The molecule has 7 nitrogen and oxygen atoms in total. The third-order valence-electron chi connectivity index (χ3n) is 3.93. The maximum Gasteiger partial charge on any atom is 0.335 e. The van der Waals surface area contributed by atoms with E-state index in [-0.39, 0.29) is 23.8 Å². The summed E-state index contributed by atoms with van der Waals surface area (Å²) in [6.45, 7) is 0. The number of carbonyl (C=O) groups excluding carboxylic acids is 2. The maximum absolute atomic E-state index is 12.3. The molecule has 0 atom stereocenters. The van der Waals surface area contributed by atoms with Crippen molar-refractivity contribution in [1.29, 1.82) is 0 Å². The Hall–Kier alpha value is -4.00. The van der Waals surface area contributed by atoms with Crippen LogP contribution in [0, 0.1) is 0 Å². The molecule has 0 fully saturated rings. The molecule has 0 bridgehead atoms. The van der Waals surface area contributed by atoms with Crippen LogP contribution in [0.3, 0.4) is 0 Å². The first kappa shape index (κ1) is 18.8. The van der Waals surface area contributed by atoms with Crippen molar-refractivity contribution in [2.24, 2.45) is 0 Å². The van der Waals surface area contributed by atoms with Crippen LogP contribution in [0.1, 0.15) is 26.3 Å². The fourth-order valence-electron chi connectivity index (χ4n) is 2.64. The number of carbonyl (C=O) groups is 3. The number of hydrogen-bond acceptors (Lipinski definition) is 4. The molecule has 2 aromatic carbocycles. The number of nitrogens with zero attached hydrogens (tertiary/aromatic N) is 1. The van der Waals surface area contributed by atoms with Crippen LogP contribution in [-0.2, 0) is 11.2 Å². The minimum absolute atomic E-state index is 0.0854. The second kappa shape index (κ2) is 8.59. The number of carboxylic acids is 1. The van der Waals surface area contributed by atoms with Crippen molar-refractivity contribution in [3.63, 3.8) is 0 Å². The van der Waals surface area contributed by atoms with Crippen LogP contribution in [0.15, 0.2) is 73.1 Å². The van der Waals surface area contributed by atoms with Crippen LogP contribution in [0.4, 0.5) is 11.4 Å². The van der Waals surface area contributed by atoms with Gasteiger partial charge in [0.15, 0.2) is 0 Å². The van der Waals surface area contributed by atoms with Gasteiger partial charge in [0.1, 0.15) is 0 Å². The van der Waals surface area contributed by atoms with E-state index in [0.29, 0.717) is 22.5 Å². The number of hydrogen-bond donors (Lipinski definition) is 3. The normalized spacial score (nSPS) is 10.1. The average molecular weight is 375 g/mol. The van der Waals surface area contributed by atoms with Crippen molar-refractivity contribution in [2.45, 2.75) is 6.42 Å². The predicted octanol–water partition coefficient (Wildman–Crippen LogP) is 3.21. The summed E-state index contributed by atoms with van der Waals surface area (Å²) in [4.78, 5) is 39.8. The lowest BCUT2D eigenvalue weighted by atomic mass is 10.0. The minimum Gasteiger partial charge on any atom is -0.478 e. The quantitative estimate of drug-likeness (QED) is 0.613. The number of rotatable bonds is 6. The van der Waals surface area contributed by atoms with E-state index >= 15 is 0 Å². The Morgan fingerprint density at radius 1 is 0.893 bits per heavy atom. The average Bonchev–Trinajstić information content (AvgIpc) is 2.69. The van der Waals surface area contributed by atoms with Gasteiger partial charge in [-0.05, 0) is 42.0 Å². The molecule has 3 rings (SSSR count). The molecule has 7 heteroatoms. The summed E-state index contributed by atoms with van der Waals surface area (Å²) in [5, 5.41) is 14.6. The van der Waals surface area contributed by atoms with E-state index in [1.165, 1.54) is 12.3 Å². The molecule has 3 aromatic rings. The monoisotopic (exact) mass is 375 g/mol. The molecule has 28 heavy (non-hydrogen) atoms. The Kier molecular flexibility index (Phi) is 5.76. The lowest BCUT2D eigenvalue weighted by Crippen LogP contribution is -2.17. The number of aromatic carboxylic acids is 1. The zero-order valence-corrected chi connectivity index (χ0v) is 14.8. The molecule has 0 saturated carbocycles. The van der Waals surface area contributed by atoms with Crippen molar-refractivity contribution in [3.05, 3.63) is 89.7 Å². The van der Waals surface area contributed by atoms with Gasteiger partial charge in [-0.1, -0.05) is 24.3 Å². The molecule has 0 aliphatic rings. The van der Waals surface area contributed by atoms with Gasteiger partial charge < -0.3 is 15.7 Å². The highest BCUT2D eigenvalue weighted by Gasteiger charge is 2.13. The highest BCUT2D eigenvalue weighted by Crippen LogP contribution is 2.15. The van der Waals surface area contributed by atoms with Crippen LogP contribution >= 0.6 is 0 Å².